The second-order valence-electron chi connectivity index (χ2n) is 5.80. The molecule has 1 unspecified atom stereocenters. The Kier molecular flexibility index (Phi) is 5.36. The molecule has 1 aromatic heterocycles. The van der Waals surface area contributed by atoms with Gasteiger partial charge in [-0.2, -0.15) is 13.2 Å². The molecule has 3 rings (SSSR count). The van der Waals surface area contributed by atoms with E-state index in [9.17, 15) is 18.0 Å². The number of anilines is 2. The number of para-hydroxylation sites is 1. The third-order valence-corrected chi connectivity index (χ3v) is 3.89. The second-order valence-corrected chi connectivity index (χ2v) is 5.80. The van der Waals surface area contributed by atoms with Gasteiger partial charge in [-0.15, -0.1) is 0 Å². The van der Waals surface area contributed by atoms with E-state index in [0.717, 1.165) is 18.9 Å². The molecule has 1 atom stereocenters. The van der Waals surface area contributed by atoms with Crippen molar-refractivity contribution in [3.63, 3.8) is 0 Å². The molecule has 0 bridgehead atoms. The number of nitrogens with one attached hydrogen (secondary N) is 2. The molecule has 0 saturated carbocycles. The topological polar surface area (TPSA) is 76.1 Å². The van der Waals surface area contributed by atoms with E-state index < -0.39 is 17.6 Å². The summed E-state index contributed by atoms with van der Waals surface area (Å²) < 4.78 is 44.4. The molecule has 1 aliphatic rings. The van der Waals surface area contributed by atoms with Crippen molar-refractivity contribution < 1.29 is 22.7 Å². The SMILES string of the molecule is O=C(NCC1CCCO1)c1cnc(Nc2ccccc2C(F)(F)F)cn1. The number of benzene rings is 1. The number of carbonyl (C=O) groups excluding carboxylic acids is 1. The number of halogens is 3. The molecule has 1 saturated heterocycles. The lowest BCUT2D eigenvalue weighted by molar-refractivity contribution is -0.136. The Bertz CT molecular complexity index is 759. The van der Waals surface area contributed by atoms with Crippen molar-refractivity contribution in [2.24, 2.45) is 0 Å². The Morgan fingerprint density at radius 2 is 2.04 bits per heavy atom. The summed E-state index contributed by atoms with van der Waals surface area (Å²) in [6.45, 7) is 1.08. The first-order valence-electron chi connectivity index (χ1n) is 8.08. The summed E-state index contributed by atoms with van der Waals surface area (Å²) in [7, 11) is 0. The van der Waals surface area contributed by atoms with Gasteiger partial charge in [0.2, 0.25) is 0 Å². The fourth-order valence-corrected chi connectivity index (χ4v) is 2.59. The number of ether oxygens (including phenoxy) is 1. The third kappa shape index (κ3) is 4.48. The fourth-order valence-electron chi connectivity index (χ4n) is 2.59. The van der Waals surface area contributed by atoms with Crippen LogP contribution in [-0.4, -0.2) is 35.1 Å². The van der Waals surface area contributed by atoms with Crippen molar-refractivity contribution in [1.82, 2.24) is 15.3 Å². The predicted octanol–water partition coefficient (Wildman–Crippen LogP) is 3.15. The monoisotopic (exact) mass is 366 g/mol. The van der Waals surface area contributed by atoms with E-state index in [-0.39, 0.29) is 23.3 Å². The van der Waals surface area contributed by atoms with E-state index in [0.29, 0.717) is 13.2 Å². The highest BCUT2D eigenvalue weighted by Gasteiger charge is 2.33. The lowest BCUT2D eigenvalue weighted by Crippen LogP contribution is -2.32. The fraction of sp³-hybridized carbons (Fsp3) is 0.353. The van der Waals surface area contributed by atoms with Crippen molar-refractivity contribution >= 4 is 17.4 Å². The maximum Gasteiger partial charge on any atom is 0.418 e. The van der Waals surface area contributed by atoms with Crippen LogP contribution in [0, 0.1) is 0 Å². The van der Waals surface area contributed by atoms with E-state index in [4.69, 9.17) is 4.74 Å². The zero-order valence-corrected chi connectivity index (χ0v) is 13.7. The highest BCUT2D eigenvalue weighted by atomic mass is 19.4. The lowest BCUT2D eigenvalue weighted by atomic mass is 10.1. The van der Waals surface area contributed by atoms with E-state index in [1.54, 1.807) is 0 Å². The Morgan fingerprint density at radius 1 is 1.23 bits per heavy atom. The van der Waals surface area contributed by atoms with Crippen LogP contribution in [0.5, 0.6) is 0 Å². The predicted molar refractivity (Wildman–Crippen MR) is 88.1 cm³/mol. The van der Waals surface area contributed by atoms with Crippen molar-refractivity contribution in [3.8, 4) is 0 Å². The van der Waals surface area contributed by atoms with Crippen LogP contribution >= 0.6 is 0 Å². The Balaban J connectivity index is 1.64. The van der Waals surface area contributed by atoms with Gasteiger partial charge in [-0.1, -0.05) is 12.1 Å². The van der Waals surface area contributed by atoms with Gasteiger partial charge in [-0.3, -0.25) is 4.79 Å². The van der Waals surface area contributed by atoms with Gasteiger partial charge in [0.15, 0.2) is 0 Å². The number of carbonyl (C=O) groups is 1. The minimum atomic E-state index is -4.49. The molecule has 1 aromatic carbocycles. The largest absolute Gasteiger partial charge is 0.418 e. The van der Waals surface area contributed by atoms with Gasteiger partial charge in [0, 0.05) is 13.2 Å². The molecular formula is C17H17F3N4O2. The molecule has 1 fully saturated rings. The molecule has 0 radical (unpaired) electrons. The molecular weight excluding hydrogens is 349 g/mol. The Hall–Kier alpha value is -2.68. The Morgan fingerprint density at radius 3 is 2.69 bits per heavy atom. The van der Waals surface area contributed by atoms with Crippen LogP contribution in [0.3, 0.4) is 0 Å². The molecule has 0 aliphatic carbocycles. The third-order valence-electron chi connectivity index (χ3n) is 3.89. The summed E-state index contributed by atoms with van der Waals surface area (Å²) in [6, 6.07) is 5.06. The molecule has 2 aromatic rings. The summed E-state index contributed by atoms with van der Waals surface area (Å²) in [5, 5.41) is 5.28. The standard InChI is InChI=1S/C17H17F3N4O2/c18-17(19,20)12-5-1-2-6-13(12)24-15-10-21-14(9-22-15)16(25)23-8-11-4-3-7-26-11/h1-2,5-6,9-11H,3-4,7-8H2,(H,22,24)(H,23,25). The van der Waals surface area contributed by atoms with Gasteiger partial charge in [0.25, 0.3) is 5.91 Å². The van der Waals surface area contributed by atoms with Crippen molar-refractivity contribution in [3.05, 3.63) is 47.9 Å². The average molecular weight is 366 g/mol. The highest BCUT2D eigenvalue weighted by Crippen LogP contribution is 2.35. The average Bonchev–Trinajstić information content (AvgIpc) is 3.13. The van der Waals surface area contributed by atoms with Crippen LogP contribution in [0.1, 0.15) is 28.9 Å². The van der Waals surface area contributed by atoms with Crippen molar-refractivity contribution in [2.45, 2.75) is 25.1 Å². The van der Waals surface area contributed by atoms with Crippen molar-refractivity contribution in [1.29, 1.82) is 0 Å². The molecule has 0 spiro atoms. The van der Waals surface area contributed by atoms with Crippen molar-refractivity contribution in [2.75, 3.05) is 18.5 Å². The number of nitrogens with zero attached hydrogens (tertiary/aromatic N) is 2. The minimum absolute atomic E-state index is 0.00622. The van der Waals surface area contributed by atoms with Gasteiger partial charge in [-0.05, 0) is 25.0 Å². The summed E-state index contributed by atoms with van der Waals surface area (Å²) in [5.74, 6) is -0.299. The summed E-state index contributed by atoms with van der Waals surface area (Å²) >= 11 is 0. The van der Waals surface area contributed by atoms with Crippen LogP contribution in [0.15, 0.2) is 36.7 Å². The maximum absolute atomic E-state index is 13.0. The van der Waals surface area contributed by atoms with Crippen LogP contribution < -0.4 is 10.6 Å². The first kappa shape index (κ1) is 18.1. The van der Waals surface area contributed by atoms with Gasteiger partial charge in [-0.25, -0.2) is 9.97 Å². The number of alkyl halides is 3. The van der Waals surface area contributed by atoms with Crippen LogP contribution in [0.25, 0.3) is 0 Å². The zero-order chi connectivity index (χ0) is 18.6. The Labute approximate surface area is 147 Å². The quantitative estimate of drug-likeness (QED) is 0.850. The van der Waals surface area contributed by atoms with E-state index in [1.165, 1.54) is 30.6 Å². The molecule has 1 aliphatic heterocycles. The number of aromatic nitrogens is 2. The van der Waals surface area contributed by atoms with Gasteiger partial charge < -0.3 is 15.4 Å². The number of amides is 1. The summed E-state index contributed by atoms with van der Waals surface area (Å²) in [5.41, 5.74) is -0.859. The lowest BCUT2D eigenvalue weighted by Gasteiger charge is -2.14. The summed E-state index contributed by atoms with van der Waals surface area (Å²) in [4.78, 5) is 19.9. The molecule has 6 nitrogen and oxygen atoms in total. The molecule has 2 N–H and O–H groups in total. The first-order chi connectivity index (χ1) is 12.4. The molecule has 138 valence electrons. The number of hydrogen-bond donors (Lipinski definition) is 2. The number of hydrogen-bond acceptors (Lipinski definition) is 5. The minimum Gasteiger partial charge on any atom is -0.376 e. The van der Waals surface area contributed by atoms with Crippen LogP contribution in [0.4, 0.5) is 24.7 Å². The maximum atomic E-state index is 13.0. The van der Waals surface area contributed by atoms with E-state index in [1.807, 2.05) is 0 Å². The molecule has 2 heterocycles. The smallest absolute Gasteiger partial charge is 0.376 e. The van der Waals surface area contributed by atoms with Gasteiger partial charge in [0.1, 0.15) is 11.5 Å². The normalized spacial score (nSPS) is 17.1. The summed E-state index contributed by atoms with van der Waals surface area (Å²) in [6.07, 6.45) is -0.184. The second kappa shape index (κ2) is 7.69. The molecule has 26 heavy (non-hydrogen) atoms. The van der Waals surface area contributed by atoms with Crippen LogP contribution in [0.2, 0.25) is 0 Å². The highest BCUT2D eigenvalue weighted by molar-refractivity contribution is 5.92. The number of rotatable bonds is 5. The first-order valence-corrected chi connectivity index (χ1v) is 8.08. The van der Waals surface area contributed by atoms with E-state index >= 15 is 0 Å². The molecule has 9 heteroatoms. The zero-order valence-electron chi connectivity index (χ0n) is 13.7. The van der Waals surface area contributed by atoms with Gasteiger partial charge in [0.05, 0.1) is 29.7 Å². The van der Waals surface area contributed by atoms with Crippen LogP contribution in [-0.2, 0) is 10.9 Å². The van der Waals surface area contributed by atoms with Gasteiger partial charge >= 0.3 is 6.18 Å². The van der Waals surface area contributed by atoms with E-state index in [2.05, 4.69) is 20.6 Å². The molecule has 1 amide bonds.